The summed E-state index contributed by atoms with van der Waals surface area (Å²) in [7, 11) is 2.92. The average molecular weight is 292 g/mol. The predicted molar refractivity (Wildman–Crippen MR) is 64.1 cm³/mol. The van der Waals surface area contributed by atoms with Gasteiger partial charge in [-0.1, -0.05) is 6.07 Å². The smallest absolute Gasteiger partial charge is 0.336 e. The number of nitrogens with zero attached hydrogens (tertiary/aromatic N) is 2. The molecule has 0 aliphatic carbocycles. The zero-order chi connectivity index (χ0) is 15.2. The molecule has 1 atom stereocenters. The minimum Gasteiger partial charge on any atom is -0.382 e. The maximum absolute atomic E-state index is 13.1. The fraction of sp³-hybridized carbons (Fsp3) is 0.417. The monoisotopic (exact) mass is 292 g/mol. The molecule has 1 aromatic heterocycles. The molecule has 0 saturated carbocycles. The molecule has 0 aliphatic heterocycles. The molecule has 20 heavy (non-hydrogen) atoms. The zero-order valence-corrected chi connectivity index (χ0v) is 10.6. The molecular formula is C12H12F4N2O2. The number of aryl methyl sites for hydroxylation is 2. The lowest BCUT2D eigenvalue weighted by Gasteiger charge is -2.21. The normalized spacial score (nSPS) is 14.2. The second-order valence-corrected chi connectivity index (χ2v) is 4.53. The predicted octanol–water partition coefficient (Wildman–Crippen LogP) is 1.81. The van der Waals surface area contributed by atoms with Gasteiger partial charge in [-0.25, -0.2) is 13.6 Å². The van der Waals surface area contributed by atoms with Gasteiger partial charge in [0, 0.05) is 14.1 Å². The van der Waals surface area contributed by atoms with Crippen LogP contribution < -0.4 is 5.69 Å². The molecular weight excluding hydrogens is 280 g/mol. The Morgan fingerprint density at radius 2 is 1.70 bits per heavy atom. The van der Waals surface area contributed by atoms with E-state index in [2.05, 4.69) is 0 Å². The lowest BCUT2D eigenvalue weighted by Crippen LogP contribution is -2.34. The van der Waals surface area contributed by atoms with Gasteiger partial charge in [-0.3, -0.25) is 9.13 Å². The van der Waals surface area contributed by atoms with Crippen molar-refractivity contribution >= 4 is 11.0 Å². The minimum absolute atomic E-state index is 0.277. The Morgan fingerprint density at radius 3 is 2.25 bits per heavy atom. The van der Waals surface area contributed by atoms with Crippen molar-refractivity contribution in [3.05, 3.63) is 34.2 Å². The van der Waals surface area contributed by atoms with Crippen molar-refractivity contribution in [3.8, 4) is 0 Å². The number of fused-ring (bicyclic) bond motifs is 1. The SMILES string of the molecule is Cn1c(=O)n(C)c2cc(C(O)C(F)(F)C(F)F)ccc21. The third-order valence-corrected chi connectivity index (χ3v) is 3.27. The lowest BCUT2D eigenvalue weighted by molar-refractivity contribution is -0.193. The van der Waals surface area contributed by atoms with E-state index in [1.807, 2.05) is 0 Å². The summed E-state index contributed by atoms with van der Waals surface area (Å²) in [6.07, 6.45) is -6.62. The summed E-state index contributed by atoms with van der Waals surface area (Å²) < 4.78 is 53.2. The topological polar surface area (TPSA) is 47.2 Å². The van der Waals surface area contributed by atoms with E-state index in [1.54, 1.807) is 0 Å². The molecule has 0 radical (unpaired) electrons. The maximum Gasteiger partial charge on any atom is 0.336 e. The van der Waals surface area contributed by atoms with Gasteiger partial charge in [0.2, 0.25) is 0 Å². The molecule has 0 fully saturated rings. The van der Waals surface area contributed by atoms with E-state index in [1.165, 1.54) is 29.3 Å². The summed E-state index contributed by atoms with van der Waals surface area (Å²) in [5, 5.41) is 9.42. The highest BCUT2D eigenvalue weighted by Gasteiger charge is 2.48. The molecule has 0 saturated heterocycles. The number of aromatic nitrogens is 2. The molecule has 0 amide bonds. The van der Waals surface area contributed by atoms with Crippen molar-refractivity contribution in [2.75, 3.05) is 0 Å². The Hall–Kier alpha value is -1.83. The van der Waals surface area contributed by atoms with Crippen molar-refractivity contribution in [1.82, 2.24) is 9.13 Å². The molecule has 2 aromatic rings. The molecule has 110 valence electrons. The van der Waals surface area contributed by atoms with Gasteiger partial charge in [0.1, 0.15) is 6.10 Å². The molecule has 1 heterocycles. The van der Waals surface area contributed by atoms with Crippen LogP contribution in [0.4, 0.5) is 17.6 Å². The molecule has 2 rings (SSSR count). The first-order chi connectivity index (χ1) is 9.17. The highest BCUT2D eigenvalue weighted by atomic mass is 19.3. The van der Waals surface area contributed by atoms with Crippen molar-refractivity contribution in [2.45, 2.75) is 18.5 Å². The van der Waals surface area contributed by atoms with Gasteiger partial charge in [0.05, 0.1) is 11.0 Å². The molecule has 8 heteroatoms. The number of aliphatic hydroxyl groups is 1. The second-order valence-electron chi connectivity index (χ2n) is 4.53. The van der Waals surface area contributed by atoms with Crippen LogP contribution in [-0.2, 0) is 14.1 Å². The molecule has 1 aromatic carbocycles. The van der Waals surface area contributed by atoms with Gasteiger partial charge >= 0.3 is 18.0 Å². The highest BCUT2D eigenvalue weighted by molar-refractivity contribution is 5.77. The fourth-order valence-corrected chi connectivity index (χ4v) is 2.04. The maximum atomic E-state index is 13.1. The Bertz CT molecular complexity index is 705. The number of rotatable bonds is 3. The van der Waals surface area contributed by atoms with E-state index >= 15 is 0 Å². The number of benzene rings is 1. The van der Waals surface area contributed by atoms with Crippen LogP contribution in [-0.4, -0.2) is 26.6 Å². The number of halogens is 4. The third-order valence-electron chi connectivity index (χ3n) is 3.27. The average Bonchev–Trinajstić information content (AvgIpc) is 2.62. The molecule has 4 nitrogen and oxygen atoms in total. The van der Waals surface area contributed by atoms with Crippen molar-refractivity contribution in [2.24, 2.45) is 14.1 Å². The molecule has 0 aliphatic rings. The number of alkyl halides is 4. The molecule has 0 bridgehead atoms. The number of hydrogen-bond donors (Lipinski definition) is 1. The van der Waals surface area contributed by atoms with Crippen LogP contribution in [0, 0.1) is 0 Å². The van der Waals surface area contributed by atoms with E-state index in [-0.39, 0.29) is 16.8 Å². The molecule has 1 unspecified atom stereocenters. The van der Waals surface area contributed by atoms with Crippen LogP contribution in [0.15, 0.2) is 23.0 Å². The first-order valence-electron chi connectivity index (χ1n) is 5.67. The van der Waals surface area contributed by atoms with E-state index < -0.39 is 18.5 Å². The minimum atomic E-state index is -4.55. The summed E-state index contributed by atoms with van der Waals surface area (Å²) in [6.45, 7) is 0. The largest absolute Gasteiger partial charge is 0.382 e. The molecule has 0 spiro atoms. The highest BCUT2D eigenvalue weighted by Crippen LogP contribution is 2.37. The lowest BCUT2D eigenvalue weighted by atomic mass is 10.0. The van der Waals surface area contributed by atoms with Crippen molar-refractivity contribution < 1.29 is 22.7 Å². The van der Waals surface area contributed by atoms with E-state index in [9.17, 15) is 27.5 Å². The van der Waals surface area contributed by atoms with Crippen LogP contribution in [0.1, 0.15) is 11.7 Å². The van der Waals surface area contributed by atoms with Crippen LogP contribution in [0.2, 0.25) is 0 Å². The van der Waals surface area contributed by atoms with E-state index in [4.69, 9.17) is 0 Å². The summed E-state index contributed by atoms with van der Waals surface area (Å²) >= 11 is 0. The fourth-order valence-electron chi connectivity index (χ4n) is 2.04. The number of imidazole rings is 1. The Balaban J connectivity index is 2.58. The van der Waals surface area contributed by atoms with Gasteiger partial charge in [-0.05, 0) is 17.7 Å². The number of aliphatic hydroxyl groups excluding tert-OH is 1. The van der Waals surface area contributed by atoms with Crippen molar-refractivity contribution in [3.63, 3.8) is 0 Å². The van der Waals surface area contributed by atoms with Crippen LogP contribution in [0.5, 0.6) is 0 Å². The summed E-state index contributed by atoms with van der Waals surface area (Å²) in [5.74, 6) is -4.55. The van der Waals surface area contributed by atoms with Crippen LogP contribution in [0.3, 0.4) is 0 Å². The van der Waals surface area contributed by atoms with Crippen LogP contribution >= 0.6 is 0 Å². The quantitative estimate of drug-likeness (QED) is 0.877. The Morgan fingerprint density at radius 1 is 1.15 bits per heavy atom. The first kappa shape index (κ1) is 14.6. The van der Waals surface area contributed by atoms with E-state index in [0.717, 1.165) is 12.1 Å². The number of hydrogen-bond acceptors (Lipinski definition) is 2. The second kappa shape index (κ2) is 4.62. The molecule has 1 N–H and O–H groups in total. The van der Waals surface area contributed by atoms with Gasteiger partial charge in [-0.15, -0.1) is 0 Å². The Kier molecular flexibility index (Phi) is 3.37. The van der Waals surface area contributed by atoms with Crippen LogP contribution in [0.25, 0.3) is 11.0 Å². The van der Waals surface area contributed by atoms with E-state index in [0.29, 0.717) is 5.52 Å². The zero-order valence-electron chi connectivity index (χ0n) is 10.6. The van der Waals surface area contributed by atoms with Crippen molar-refractivity contribution in [1.29, 1.82) is 0 Å². The van der Waals surface area contributed by atoms with Gasteiger partial charge < -0.3 is 5.11 Å². The standard InChI is InChI=1S/C12H12F4N2O2/c1-17-7-4-3-6(5-8(7)18(2)11(17)20)9(19)12(15,16)10(13)14/h3-5,9-10,19H,1-2H3. The first-order valence-corrected chi connectivity index (χ1v) is 5.67. The summed E-state index contributed by atoms with van der Waals surface area (Å²) in [5.41, 5.74) is -0.0239. The third kappa shape index (κ3) is 2.00. The Labute approximate surface area is 110 Å². The van der Waals surface area contributed by atoms with Gasteiger partial charge in [0.25, 0.3) is 0 Å². The van der Waals surface area contributed by atoms with Gasteiger partial charge in [0.15, 0.2) is 0 Å². The van der Waals surface area contributed by atoms with Gasteiger partial charge in [-0.2, -0.15) is 8.78 Å². The summed E-state index contributed by atoms with van der Waals surface area (Å²) in [4.78, 5) is 11.7. The summed E-state index contributed by atoms with van der Waals surface area (Å²) in [6, 6.07) is 3.54.